The van der Waals surface area contributed by atoms with Crippen LogP contribution in [0, 0.1) is 0 Å². The number of nitrogens with one attached hydrogen (secondary N) is 2. The lowest BCUT2D eigenvalue weighted by molar-refractivity contribution is -0.137. The van der Waals surface area contributed by atoms with Crippen LogP contribution in [0.3, 0.4) is 0 Å². The number of nitrogens with two attached hydrogens (primary N) is 1. The predicted molar refractivity (Wildman–Crippen MR) is 107 cm³/mol. The van der Waals surface area contributed by atoms with Crippen LogP contribution in [0.25, 0.3) is 0 Å². The van der Waals surface area contributed by atoms with E-state index in [2.05, 4.69) is 15.4 Å². The van der Waals surface area contributed by atoms with Crippen molar-refractivity contribution in [2.75, 3.05) is 33.0 Å². The van der Waals surface area contributed by atoms with Gasteiger partial charge in [-0.05, 0) is 18.1 Å². The second kappa shape index (κ2) is 10.6. The van der Waals surface area contributed by atoms with Gasteiger partial charge < -0.3 is 30.2 Å². The molecule has 2 aliphatic heterocycles. The van der Waals surface area contributed by atoms with Gasteiger partial charge in [-0.25, -0.2) is 4.79 Å². The highest BCUT2D eigenvalue weighted by Crippen LogP contribution is 2.33. The highest BCUT2D eigenvalue weighted by atomic mass is 16.6. The van der Waals surface area contributed by atoms with Gasteiger partial charge in [-0.2, -0.15) is 0 Å². The van der Waals surface area contributed by atoms with Gasteiger partial charge in [0.25, 0.3) is 11.8 Å². The zero-order chi connectivity index (χ0) is 23.1. The lowest BCUT2D eigenvalue weighted by Gasteiger charge is -2.29. The first-order valence-corrected chi connectivity index (χ1v) is 10.0. The Kier molecular flexibility index (Phi) is 7.60. The number of nitrogens with zero attached hydrogens (tertiary/aromatic N) is 1. The fourth-order valence-electron chi connectivity index (χ4n) is 3.46. The van der Waals surface area contributed by atoms with Gasteiger partial charge in [-0.15, -0.1) is 0 Å². The molecule has 0 saturated carbocycles. The Hall–Kier alpha value is -3.67. The largest absolute Gasteiger partial charge is 0.483 e. The van der Waals surface area contributed by atoms with Crippen LogP contribution in [0.5, 0.6) is 5.75 Å². The summed E-state index contributed by atoms with van der Waals surface area (Å²) in [7, 11) is 0. The minimum Gasteiger partial charge on any atom is -0.483 e. The molecule has 2 heterocycles. The van der Waals surface area contributed by atoms with Gasteiger partial charge in [0.1, 0.15) is 18.4 Å². The third kappa shape index (κ3) is 5.72. The van der Waals surface area contributed by atoms with Crippen molar-refractivity contribution < 1.29 is 38.2 Å². The number of primary amides is 1. The van der Waals surface area contributed by atoms with E-state index in [0.717, 1.165) is 0 Å². The van der Waals surface area contributed by atoms with Crippen molar-refractivity contribution in [3.8, 4) is 5.75 Å². The molecule has 1 atom stereocenters. The topological polar surface area (TPSA) is 166 Å². The molecule has 2 aliphatic rings. The number of piperidine rings is 1. The predicted octanol–water partition coefficient (Wildman–Crippen LogP) is -0.945. The number of benzene rings is 1. The molecule has 0 radical (unpaired) electrons. The van der Waals surface area contributed by atoms with Gasteiger partial charge in [-0.3, -0.25) is 24.5 Å². The highest BCUT2D eigenvalue weighted by Gasteiger charge is 2.40. The number of ether oxygens (including phenoxy) is 3. The summed E-state index contributed by atoms with van der Waals surface area (Å²) < 4.78 is 15.2. The second-order valence-corrected chi connectivity index (χ2v) is 7.11. The number of carbonyl (C=O) groups excluding carboxylic acids is 5. The maximum absolute atomic E-state index is 13.0. The van der Waals surface area contributed by atoms with Crippen LogP contribution in [0.4, 0.5) is 4.79 Å². The zero-order valence-corrected chi connectivity index (χ0v) is 17.3. The summed E-state index contributed by atoms with van der Waals surface area (Å²) in [6.07, 6.45) is -0.452. The van der Waals surface area contributed by atoms with Gasteiger partial charge in [0.2, 0.25) is 11.8 Å². The lowest BCUT2D eigenvalue weighted by Crippen LogP contribution is -2.52. The normalized spacial score (nSPS) is 17.6. The molecule has 0 bridgehead atoms. The molecule has 1 saturated heterocycles. The summed E-state index contributed by atoms with van der Waals surface area (Å²) in [5.74, 6) is -1.39. The van der Waals surface area contributed by atoms with Crippen molar-refractivity contribution >= 4 is 29.7 Å². The van der Waals surface area contributed by atoms with Crippen molar-refractivity contribution in [1.82, 2.24) is 15.5 Å². The van der Waals surface area contributed by atoms with E-state index in [1.165, 1.54) is 4.90 Å². The average Bonchev–Trinajstić information content (AvgIpc) is 3.08. The molecule has 12 nitrogen and oxygen atoms in total. The molecule has 1 aromatic carbocycles. The minimum atomic E-state index is -0.884. The van der Waals surface area contributed by atoms with E-state index in [4.69, 9.17) is 15.2 Å². The average molecular weight is 448 g/mol. The Labute approximate surface area is 183 Å². The first kappa shape index (κ1) is 23.0. The summed E-state index contributed by atoms with van der Waals surface area (Å²) in [5.41, 5.74) is 5.80. The van der Waals surface area contributed by atoms with Crippen molar-refractivity contribution in [2.24, 2.45) is 5.73 Å². The summed E-state index contributed by atoms with van der Waals surface area (Å²) in [6.45, 7) is 0.502. The minimum absolute atomic E-state index is 0.0232. The molecule has 12 heteroatoms. The Morgan fingerprint density at radius 3 is 2.75 bits per heavy atom. The number of rotatable bonds is 10. The van der Waals surface area contributed by atoms with Gasteiger partial charge in [-0.1, -0.05) is 12.1 Å². The summed E-state index contributed by atoms with van der Waals surface area (Å²) >= 11 is 0. The highest BCUT2D eigenvalue weighted by molar-refractivity contribution is 6.06. The van der Waals surface area contributed by atoms with Crippen LogP contribution in [0.1, 0.15) is 28.8 Å². The zero-order valence-electron chi connectivity index (χ0n) is 17.3. The van der Waals surface area contributed by atoms with Crippen LogP contribution in [0.15, 0.2) is 18.2 Å². The molecule has 5 amide bonds. The number of amides is 5. The Morgan fingerprint density at radius 2 is 2.00 bits per heavy atom. The number of hydrogen-bond acceptors (Lipinski definition) is 8. The van der Waals surface area contributed by atoms with Gasteiger partial charge in [0, 0.05) is 19.5 Å². The summed E-state index contributed by atoms with van der Waals surface area (Å²) in [4.78, 5) is 60.3. The molecular formula is C20H24N4O8. The fourth-order valence-corrected chi connectivity index (χ4v) is 3.46. The Balaban J connectivity index is 1.47. The van der Waals surface area contributed by atoms with E-state index in [1.807, 2.05) is 0 Å². The molecule has 3 rings (SSSR count). The monoisotopic (exact) mass is 448 g/mol. The number of carbonyl (C=O) groups is 5. The van der Waals surface area contributed by atoms with Crippen LogP contribution in [-0.2, 0) is 30.4 Å². The molecule has 172 valence electrons. The van der Waals surface area contributed by atoms with Crippen LogP contribution < -0.4 is 21.1 Å². The Morgan fingerprint density at radius 1 is 1.19 bits per heavy atom. The molecule has 0 aliphatic carbocycles. The third-order valence-electron chi connectivity index (χ3n) is 4.91. The molecule has 0 spiro atoms. The first-order valence-electron chi connectivity index (χ1n) is 10.0. The second-order valence-electron chi connectivity index (χ2n) is 7.11. The Bertz CT molecular complexity index is 919. The van der Waals surface area contributed by atoms with Crippen molar-refractivity contribution in [3.63, 3.8) is 0 Å². The van der Waals surface area contributed by atoms with Gasteiger partial charge in [0.05, 0.1) is 18.8 Å². The third-order valence-corrected chi connectivity index (χ3v) is 4.91. The molecule has 32 heavy (non-hydrogen) atoms. The quantitative estimate of drug-likeness (QED) is 0.304. The summed E-state index contributed by atoms with van der Waals surface area (Å²) in [5, 5.41) is 4.86. The SMILES string of the molecule is NC(=O)OCCOCCNC(=O)COc1cccc2c1C(=O)N(C1CCC(=O)NC1=O)C2. The van der Waals surface area contributed by atoms with Gasteiger partial charge in [0.15, 0.2) is 6.61 Å². The molecular weight excluding hydrogens is 424 g/mol. The summed E-state index contributed by atoms with van der Waals surface area (Å²) in [6, 6.07) is 4.32. The first-order chi connectivity index (χ1) is 15.4. The van der Waals surface area contributed by atoms with Crippen molar-refractivity contribution in [1.29, 1.82) is 0 Å². The lowest BCUT2D eigenvalue weighted by atomic mass is 10.0. The van der Waals surface area contributed by atoms with E-state index in [1.54, 1.807) is 18.2 Å². The van der Waals surface area contributed by atoms with Crippen molar-refractivity contribution in [3.05, 3.63) is 29.3 Å². The number of imide groups is 1. The van der Waals surface area contributed by atoms with Crippen LogP contribution in [-0.4, -0.2) is 73.6 Å². The van der Waals surface area contributed by atoms with Crippen molar-refractivity contribution in [2.45, 2.75) is 25.4 Å². The number of hydrogen-bond donors (Lipinski definition) is 3. The van der Waals surface area contributed by atoms with E-state index in [0.29, 0.717) is 11.1 Å². The van der Waals surface area contributed by atoms with Gasteiger partial charge >= 0.3 is 6.09 Å². The molecule has 0 aromatic heterocycles. The van der Waals surface area contributed by atoms with E-state index < -0.39 is 23.9 Å². The molecule has 1 unspecified atom stereocenters. The van der Waals surface area contributed by atoms with E-state index >= 15 is 0 Å². The molecule has 1 fully saturated rings. The standard InChI is InChI=1S/C20H24N4O8/c21-20(29)31-9-8-30-7-6-22-16(26)11-32-14-3-1-2-12-10-24(19(28)17(12)14)13-4-5-15(25)23-18(13)27/h1-3,13H,4-11H2,(H2,21,29)(H,22,26)(H,23,25,27). The molecule has 4 N–H and O–H groups in total. The van der Waals surface area contributed by atoms with Crippen LogP contribution >= 0.6 is 0 Å². The van der Waals surface area contributed by atoms with E-state index in [9.17, 15) is 24.0 Å². The fraction of sp³-hybridized carbons (Fsp3) is 0.450. The van der Waals surface area contributed by atoms with E-state index in [-0.39, 0.29) is 69.9 Å². The maximum Gasteiger partial charge on any atom is 0.404 e. The smallest absolute Gasteiger partial charge is 0.404 e. The van der Waals surface area contributed by atoms with Crippen LogP contribution in [0.2, 0.25) is 0 Å². The number of fused-ring (bicyclic) bond motifs is 1. The maximum atomic E-state index is 13.0. The molecule has 1 aromatic rings.